The molecule has 0 saturated carbocycles. The van der Waals surface area contributed by atoms with Crippen molar-refractivity contribution in [2.75, 3.05) is 0 Å². The largest absolute Gasteiger partial charge is 0.294 e. The maximum absolute atomic E-state index is 11.6. The average molecular weight is 218 g/mol. The first-order chi connectivity index (χ1) is 7.42. The number of carbonyl (C=O) groups excluding carboxylic acids is 1. The molecule has 0 aliphatic carbocycles. The Morgan fingerprint density at radius 2 is 1.94 bits per heavy atom. The lowest BCUT2D eigenvalue weighted by molar-refractivity contribution is 0.0988. The number of carbonyl (C=O) groups is 1. The van der Waals surface area contributed by atoms with Crippen molar-refractivity contribution < 1.29 is 4.79 Å². The van der Waals surface area contributed by atoms with Crippen LogP contribution in [-0.4, -0.2) is 5.78 Å². The highest BCUT2D eigenvalue weighted by atomic mass is 16.1. The van der Waals surface area contributed by atoms with E-state index in [4.69, 9.17) is 0 Å². The van der Waals surface area contributed by atoms with Gasteiger partial charge in [0.25, 0.3) is 0 Å². The lowest BCUT2D eigenvalue weighted by Gasteiger charge is -2.17. The van der Waals surface area contributed by atoms with E-state index < -0.39 is 0 Å². The zero-order valence-electron chi connectivity index (χ0n) is 10.8. The van der Waals surface area contributed by atoms with Gasteiger partial charge in [-0.15, -0.1) is 0 Å². The van der Waals surface area contributed by atoms with Crippen LogP contribution >= 0.6 is 0 Å². The van der Waals surface area contributed by atoms with Crippen LogP contribution < -0.4 is 0 Å². The fraction of sp³-hybridized carbons (Fsp3) is 0.533. The first-order valence-corrected chi connectivity index (χ1v) is 6.04. The standard InChI is InChI=1S/C15H22O/c1-5-14(16)13-8-6-7-12(11-13)9-10-15(2,3)4/h6-8,11H,5,9-10H2,1-4H3. The molecule has 1 aromatic rings. The highest BCUT2D eigenvalue weighted by molar-refractivity contribution is 5.95. The molecular formula is C15H22O. The second-order valence-corrected chi connectivity index (χ2v) is 5.54. The van der Waals surface area contributed by atoms with E-state index in [1.807, 2.05) is 25.1 Å². The van der Waals surface area contributed by atoms with Gasteiger partial charge in [0.2, 0.25) is 0 Å². The SMILES string of the molecule is CCC(=O)c1cccc(CCC(C)(C)C)c1. The van der Waals surface area contributed by atoms with Gasteiger partial charge in [0.1, 0.15) is 0 Å². The van der Waals surface area contributed by atoms with Crippen molar-refractivity contribution >= 4 is 5.78 Å². The van der Waals surface area contributed by atoms with Crippen LogP contribution in [0.15, 0.2) is 24.3 Å². The molecule has 0 N–H and O–H groups in total. The zero-order chi connectivity index (χ0) is 12.2. The van der Waals surface area contributed by atoms with E-state index in [0.29, 0.717) is 11.8 Å². The summed E-state index contributed by atoms with van der Waals surface area (Å²) in [4.78, 5) is 11.6. The van der Waals surface area contributed by atoms with Crippen LogP contribution in [0.3, 0.4) is 0 Å². The van der Waals surface area contributed by atoms with Crippen molar-refractivity contribution in [1.29, 1.82) is 0 Å². The number of hydrogen-bond donors (Lipinski definition) is 0. The van der Waals surface area contributed by atoms with Crippen molar-refractivity contribution in [3.63, 3.8) is 0 Å². The minimum Gasteiger partial charge on any atom is -0.294 e. The van der Waals surface area contributed by atoms with Crippen LogP contribution in [-0.2, 0) is 6.42 Å². The zero-order valence-corrected chi connectivity index (χ0v) is 10.8. The van der Waals surface area contributed by atoms with E-state index in [0.717, 1.165) is 18.4 Å². The van der Waals surface area contributed by atoms with Crippen LogP contribution in [0.25, 0.3) is 0 Å². The topological polar surface area (TPSA) is 17.1 Å². The summed E-state index contributed by atoms with van der Waals surface area (Å²) >= 11 is 0. The fourth-order valence-electron chi connectivity index (χ4n) is 1.62. The highest BCUT2D eigenvalue weighted by Gasteiger charge is 2.10. The number of rotatable bonds is 4. The van der Waals surface area contributed by atoms with E-state index in [1.165, 1.54) is 5.56 Å². The third-order valence-corrected chi connectivity index (χ3v) is 2.73. The Bertz CT molecular complexity index is 358. The van der Waals surface area contributed by atoms with Gasteiger partial charge in [-0.1, -0.05) is 45.9 Å². The summed E-state index contributed by atoms with van der Waals surface area (Å²) in [6.45, 7) is 8.64. The second-order valence-electron chi connectivity index (χ2n) is 5.54. The lowest BCUT2D eigenvalue weighted by Crippen LogP contribution is -2.06. The summed E-state index contributed by atoms with van der Waals surface area (Å²) in [6, 6.07) is 8.04. The molecule has 0 radical (unpaired) electrons. The molecule has 0 fully saturated rings. The van der Waals surface area contributed by atoms with E-state index in [2.05, 4.69) is 26.8 Å². The van der Waals surface area contributed by atoms with Gasteiger partial charge < -0.3 is 0 Å². The predicted octanol–water partition coefficient (Wildman–Crippen LogP) is 4.26. The monoisotopic (exact) mass is 218 g/mol. The van der Waals surface area contributed by atoms with Crippen molar-refractivity contribution in [3.8, 4) is 0 Å². The molecule has 0 bridgehead atoms. The summed E-state index contributed by atoms with van der Waals surface area (Å²) in [6.07, 6.45) is 2.79. The molecule has 0 aromatic heterocycles. The Hall–Kier alpha value is -1.11. The first kappa shape index (κ1) is 13.0. The predicted molar refractivity (Wildman–Crippen MR) is 68.8 cm³/mol. The second kappa shape index (κ2) is 5.29. The van der Waals surface area contributed by atoms with Gasteiger partial charge >= 0.3 is 0 Å². The van der Waals surface area contributed by atoms with Gasteiger partial charge in [-0.05, 0) is 29.9 Å². The molecule has 0 amide bonds. The lowest BCUT2D eigenvalue weighted by atomic mass is 9.88. The molecule has 88 valence electrons. The molecule has 1 nitrogen and oxygen atoms in total. The molecule has 1 rings (SSSR count). The van der Waals surface area contributed by atoms with Gasteiger partial charge in [0.15, 0.2) is 5.78 Å². The van der Waals surface area contributed by atoms with Crippen LogP contribution in [0.1, 0.15) is 56.5 Å². The molecule has 1 heteroatoms. The van der Waals surface area contributed by atoms with Gasteiger partial charge in [-0.3, -0.25) is 4.79 Å². The minimum atomic E-state index is 0.234. The van der Waals surface area contributed by atoms with Gasteiger partial charge in [-0.2, -0.15) is 0 Å². The maximum Gasteiger partial charge on any atom is 0.162 e. The van der Waals surface area contributed by atoms with Crippen molar-refractivity contribution in [3.05, 3.63) is 35.4 Å². The molecule has 0 aliphatic heterocycles. The Morgan fingerprint density at radius 3 is 2.50 bits per heavy atom. The summed E-state index contributed by atoms with van der Waals surface area (Å²) in [5, 5.41) is 0. The Kier molecular flexibility index (Phi) is 4.28. The quantitative estimate of drug-likeness (QED) is 0.690. The number of hydrogen-bond acceptors (Lipinski definition) is 1. The molecule has 0 heterocycles. The van der Waals surface area contributed by atoms with Crippen LogP contribution in [0.2, 0.25) is 0 Å². The van der Waals surface area contributed by atoms with Crippen molar-refractivity contribution in [2.45, 2.75) is 47.0 Å². The van der Waals surface area contributed by atoms with Crippen LogP contribution in [0.4, 0.5) is 0 Å². The molecule has 0 atom stereocenters. The Balaban J connectivity index is 2.71. The van der Waals surface area contributed by atoms with Crippen molar-refractivity contribution in [2.24, 2.45) is 5.41 Å². The Labute approximate surface area is 98.9 Å². The first-order valence-electron chi connectivity index (χ1n) is 6.04. The number of benzene rings is 1. The van der Waals surface area contributed by atoms with E-state index in [9.17, 15) is 4.79 Å². The third-order valence-electron chi connectivity index (χ3n) is 2.73. The minimum absolute atomic E-state index is 0.234. The molecule has 0 unspecified atom stereocenters. The van der Waals surface area contributed by atoms with E-state index >= 15 is 0 Å². The smallest absolute Gasteiger partial charge is 0.162 e. The number of ketones is 1. The average Bonchev–Trinajstić information content (AvgIpc) is 2.25. The molecular weight excluding hydrogens is 196 g/mol. The third kappa shape index (κ3) is 4.18. The molecule has 0 spiro atoms. The van der Waals surface area contributed by atoms with E-state index in [1.54, 1.807) is 0 Å². The molecule has 16 heavy (non-hydrogen) atoms. The summed E-state index contributed by atoms with van der Waals surface area (Å²) in [7, 11) is 0. The Morgan fingerprint density at radius 1 is 1.25 bits per heavy atom. The van der Waals surface area contributed by atoms with Crippen LogP contribution in [0, 0.1) is 5.41 Å². The van der Waals surface area contributed by atoms with Gasteiger partial charge in [0, 0.05) is 12.0 Å². The van der Waals surface area contributed by atoms with Crippen molar-refractivity contribution in [1.82, 2.24) is 0 Å². The van der Waals surface area contributed by atoms with Gasteiger partial charge in [0.05, 0.1) is 0 Å². The summed E-state index contributed by atoms with van der Waals surface area (Å²) in [5.74, 6) is 0.234. The van der Waals surface area contributed by atoms with Gasteiger partial charge in [-0.25, -0.2) is 0 Å². The molecule has 0 saturated heterocycles. The summed E-state index contributed by atoms with van der Waals surface area (Å²) < 4.78 is 0. The summed E-state index contributed by atoms with van der Waals surface area (Å²) in [5.41, 5.74) is 2.48. The number of Topliss-reactive ketones (excluding diaryl/α,β-unsaturated/α-hetero) is 1. The maximum atomic E-state index is 11.6. The van der Waals surface area contributed by atoms with E-state index in [-0.39, 0.29) is 5.78 Å². The fourth-order valence-corrected chi connectivity index (χ4v) is 1.62. The number of aryl methyl sites for hydroxylation is 1. The highest BCUT2D eigenvalue weighted by Crippen LogP contribution is 2.21. The normalized spacial score (nSPS) is 11.5. The van der Waals surface area contributed by atoms with Crippen LogP contribution in [0.5, 0.6) is 0 Å². The molecule has 1 aromatic carbocycles. The molecule has 0 aliphatic rings.